The monoisotopic (exact) mass is 677 g/mol. The smallest absolute Gasteiger partial charge is 0.129 e. The predicted octanol–water partition coefficient (Wildman–Crippen LogP) is 12.7. The highest BCUT2D eigenvalue weighted by Gasteiger charge is 2.27. The molecule has 1 N–H and O–H groups in total. The molecule has 2 aliphatic rings. The standard InChI is InChI=1S/C49H47N3/c1-30-29-52-26-24-38-27-37(21-22-42(38)48(52)51-30)41-14-10-12-16-44(41)47-33(4)31(2)46(32(3)34(47)5)43-15-11-9-13-40(43)35-17-19-36(20-18-35)45-28-39(23-25-50-45)49(6,7)8/h9-29,48,51H,1-8H3. The first-order valence-corrected chi connectivity index (χ1v) is 18.4. The van der Waals surface area contributed by atoms with Crippen LogP contribution in [0.5, 0.6) is 0 Å². The average Bonchev–Trinajstić information content (AvgIpc) is 3.55. The van der Waals surface area contributed by atoms with Crippen molar-refractivity contribution in [3.8, 4) is 55.8 Å². The van der Waals surface area contributed by atoms with Crippen LogP contribution < -0.4 is 5.32 Å². The van der Waals surface area contributed by atoms with Crippen molar-refractivity contribution in [2.24, 2.45) is 0 Å². The number of fused-ring (bicyclic) bond motifs is 3. The molecule has 0 aliphatic carbocycles. The van der Waals surface area contributed by atoms with Gasteiger partial charge in [-0.25, -0.2) is 0 Å². The lowest BCUT2D eigenvalue weighted by molar-refractivity contribution is 0.370. The van der Waals surface area contributed by atoms with E-state index in [0.717, 1.165) is 11.3 Å². The number of benzene rings is 5. The molecular formula is C49H47N3. The van der Waals surface area contributed by atoms with Crippen LogP contribution in [0.4, 0.5) is 0 Å². The minimum absolute atomic E-state index is 0.0754. The van der Waals surface area contributed by atoms with Crippen LogP contribution in [0.25, 0.3) is 61.8 Å². The Hall–Kier alpha value is -5.67. The molecule has 2 aliphatic heterocycles. The van der Waals surface area contributed by atoms with Gasteiger partial charge in [0.25, 0.3) is 0 Å². The molecule has 3 heteroatoms. The van der Waals surface area contributed by atoms with Gasteiger partial charge in [0.05, 0.1) is 5.69 Å². The van der Waals surface area contributed by atoms with Crippen LogP contribution in [0.15, 0.2) is 127 Å². The van der Waals surface area contributed by atoms with Gasteiger partial charge in [0.2, 0.25) is 0 Å². The van der Waals surface area contributed by atoms with Crippen molar-refractivity contribution in [1.29, 1.82) is 0 Å². The van der Waals surface area contributed by atoms with E-state index in [1.165, 1.54) is 89.1 Å². The van der Waals surface area contributed by atoms with Gasteiger partial charge in [-0.1, -0.05) is 106 Å². The average molecular weight is 678 g/mol. The van der Waals surface area contributed by atoms with Crippen LogP contribution >= 0.6 is 0 Å². The normalized spacial score (nSPS) is 14.9. The van der Waals surface area contributed by atoms with E-state index in [1.54, 1.807) is 0 Å². The number of rotatable bonds is 5. The fourth-order valence-corrected chi connectivity index (χ4v) is 8.20. The predicted molar refractivity (Wildman–Crippen MR) is 220 cm³/mol. The molecule has 0 fully saturated rings. The summed E-state index contributed by atoms with van der Waals surface area (Å²) in [6.45, 7) is 18.1. The highest BCUT2D eigenvalue weighted by molar-refractivity contribution is 5.93. The summed E-state index contributed by atoms with van der Waals surface area (Å²) in [5, 5.41) is 3.62. The van der Waals surface area contributed by atoms with Gasteiger partial charge in [0, 0.05) is 35.4 Å². The second kappa shape index (κ2) is 12.8. The van der Waals surface area contributed by atoms with Crippen molar-refractivity contribution in [2.45, 2.75) is 67.0 Å². The molecule has 5 aromatic carbocycles. The van der Waals surface area contributed by atoms with Crippen LogP contribution in [-0.4, -0.2) is 9.88 Å². The maximum Gasteiger partial charge on any atom is 0.129 e. The third kappa shape index (κ3) is 5.75. The molecule has 0 saturated heterocycles. The molecule has 52 heavy (non-hydrogen) atoms. The lowest BCUT2D eigenvalue weighted by atomic mass is 9.80. The fraction of sp³-hybridized carbons (Fsp3) is 0.204. The molecule has 1 atom stereocenters. The second-order valence-electron chi connectivity index (χ2n) is 15.6. The lowest BCUT2D eigenvalue weighted by Gasteiger charge is -2.28. The topological polar surface area (TPSA) is 28.2 Å². The molecule has 0 saturated carbocycles. The number of aromatic nitrogens is 1. The Bertz CT molecular complexity index is 2390. The molecule has 0 amide bonds. The molecule has 3 heterocycles. The first-order chi connectivity index (χ1) is 25.0. The SMILES string of the molecule is CC1=CN2C=Cc3cc(-c4ccccc4-c4c(C)c(C)c(-c5ccccc5-c5ccc(-c6cc(C(C)(C)C)ccn6)cc5)c(C)c4C)ccc3C2N1. The molecule has 0 spiro atoms. The summed E-state index contributed by atoms with van der Waals surface area (Å²) >= 11 is 0. The molecule has 8 rings (SSSR count). The van der Waals surface area contributed by atoms with Crippen LogP contribution in [0, 0.1) is 27.7 Å². The van der Waals surface area contributed by atoms with Gasteiger partial charge in [-0.15, -0.1) is 0 Å². The van der Waals surface area contributed by atoms with Gasteiger partial charge >= 0.3 is 0 Å². The molecule has 1 unspecified atom stereocenters. The number of pyridine rings is 1. The van der Waals surface area contributed by atoms with Crippen molar-refractivity contribution in [3.63, 3.8) is 0 Å². The molecule has 1 aromatic heterocycles. The largest absolute Gasteiger partial charge is 0.364 e. The first-order valence-electron chi connectivity index (χ1n) is 18.4. The Labute approximate surface area is 309 Å². The van der Waals surface area contributed by atoms with Gasteiger partial charge < -0.3 is 10.2 Å². The van der Waals surface area contributed by atoms with E-state index >= 15 is 0 Å². The fourth-order valence-electron chi connectivity index (χ4n) is 8.20. The van der Waals surface area contributed by atoms with Gasteiger partial charge in [-0.05, 0) is 142 Å². The highest BCUT2D eigenvalue weighted by Crippen LogP contribution is 2.45. The summed E-state index contributed by atoms with van der Waals surface area (Å²) in [4.78, 5) is 6.97. The van der Waals surface area contributed by atoms with Gasteiger partial charge in [0.1, 0.15) is 6.17 Å². The van der Waals surface area contributed by atoms with Gasteiger partial charge in [0.15, 0.2) is 0 Å². The first kappa shape index (κ1) is 33.5. The number of hydrogen-bond donors (Lipinski definition) is 1. The third-order valence-corrected chi connectivity index (χ3v) is 11.3. The summed E-state index contributed by atoms with van der Waals surface area (Å²) in [5.74, 6) is 0. The van der Waals surface area contributed by atoms with Crippen molar-refractivity contribution in [2.75, 3.05) is 0 Å². The Morgan fingerprint density at radius 2 is 1.13 bits per heavy atom. The van der Waals surface area contributed by atoms with Crippen LogP contribution in [0.2, 0.25) is 0 Å². The zero-order valence-corrected chi connectivity index (χ0v) is 31.6. The van der Waals surface area contributed by atoms with Gasteiger partial charge in [-0.3, -0.25) is 4.98 Å². The van der Waals surface area contributed by atoms with Crippen LogP contribution in [-0.2, 0) is 5.41 Å². The van der Waals surface area contributed by atoms with Crippen molar-refractivity contribution < 1.29 is 0 Å². The summed E-state index contributed by atoms with van der Waals surface area (Å²) in [7, 11) is 0. The molecule has 3 nitrogen and oxygen atoms in total. The van der Waals surface area contributed by atoms with E-state index in [2.05, 4.69) is 187 Å². The summed E-state index contributed by atoms with van der Waals surface area (Å²) in [5.41, 5.74) is 22.7. The van der Waals surface area contributed by atoms with Crippen molar-refractivity contribution in [1.82, 2.24) is 15.2 Å². The molecule has 0 bridgehead atoms. The van der Waals surface area contributed by atoms with E-state index in [4.69, 9.17) is 4.98 Å². The quantitative estimate of drug-likeness (QED) is 0.197. The van der Waals surface area contributed by atoms with E-state index in [1.807, 2.05) is 6.20 Å². The van der Waals surface area contributed by atoms with Crippen molar-refractivity contribution >= 4 is 6.08 Å². The van der Waals surface area contributed by atoms with E-state index < -0.39 is 0 Å². The Morgan fingerprint density at radius 3 is 1.73 bits per heavy atom. The molecule has 258 valence electrons. The second-order valence-corrected chi connectivity index (χ2v) is 15.6. The van der Waals surface area contributed by atoms with E-state index in [0.29, 0.717) is 0 Å². The summed E-state index contributed by atoms with van der Waals surface area (Å²) < 4.78 is 0. The number of nitrogens with one attached hydrogen (secondary N) is 1. The zero-order valence-electron chi connectivity index (χ0n) is 31.6. The summed E-state index contributed by atoms with van der Waals surface area (Å²) in [6, 6.07) is 38.0. The Kier molecular flexibility index (Phi) is 8.26. The Balaban J connectivity index is 1.18. The number of allylic oxidation sites excluding steroid dienone is 1. The maximum absolute atomic E-state index is 4.72. The van der Waals surface area contributed by atoms with Crippen molar-refractivity contribution in [3.05, 3.63) is 166 Å². The van der Waals surface area contributed by atoms with Gasteiger partial charge in [-0.2, -0.15) is 0 Å². The van der Waals surface area contributed by atoms with E-state index in [9.17, 15) is 0 Å². The Morgan fingerprint density at radius 1 is 0.596 bits per heavy atom. The molecule has 6 aromatic rings. The number of hydrogen-bond acceptors (Lipinski definition) is 3. The molecular weight excluding hydrogens is 631 g/mol. The summed E-state index contributed by atoms with van der Waals surface area (Å²) in [6.07, 6.45) is 8.69. The van der Waals surface area contributed by atoms with Crippen LogP contribution in [0.3, 0.4) is 0 Å². The minimum Gasteiger partial charge on any atom is -0.364 e. The maximum atomic E-state index is 4.72. The lowest BCUT2D eigenvalue weighted by Crippen LogP contribution is -2.26. The minimum atomic E-state index is 0.0754. The molecule has 0 radical (unpaired) electrons. The van der Waals surface area contributed by atoms with E-state index in [-0.39, 0.29) is 11.6 Å². The number of nitrogens with zero attached hydrogens (tertiary/aromatic N) is 2. The highest BCUT2D eigenvalue weighted by atomic mass is 15.3. The van der Waals surface area contributed by atoms with Crippen LogP contribution in [0.1, 0.15) is 72.8 Å². The zero-order chi connectivity index (χ0) is 36.3. The third-order valence-electron chi connectivity index (χ3n) is 11.3.